The van der Waals surface area contributed by atoms with Gasteiger partial charge in [0.2, 0.25) is 0 Å². The van der Waals surface area contributed by atoms with Crippen LogP contribution in [0.5, 0.6) is 5.75 Å². The lowest BCUT2D eigenvalue weighted by atomic mass is 9.96. The molecular weight excluding hydrogens is 252 g/mol. The lowest BCUT2D eigenvalue weighted by Gasteiger charge is -2.24. The summed E-state index contributed by atoms with van der Waals surface area (Å²) >= 11 is 0. The topological polar surface area (TPSA) is 65.4 Å². The van der Waals surface area contributed by atoms with Crippen LogP contribution in [0.2, 0.25) is 0 Å². The number of ether oxygens (including phenoxy) is 1. The Bertz CT molecular complexity index is 780. The summed E-state index contributed by atoms with van der Waals surface area (Å²) in [5.74, 6) is 2.07. The van der Waals surface area contributed by atoms with Gasteiger partial charge in [0.25, 0.3) is 0 Å². The average Bonchev–Trinajstić information content (AvgIpc) is 2.89. The van der Waals surface area contributed by atoms with Gasteiger partial charge in [0.15, 0.2) is 5.65 Å². The van der Waals surface area contributed by atoms with E-state index in [0.717, 1.165) is 23.6 Å². The van der Waals surface area contributed by atoms with E-state index in [-0.39, 0.29) is 5.92 Å². The van der Waals surface area contributed by atoms with Crippen molar-refractivity contribution in [1.82, 2.24) is 14.6 Å². The molecule has 0 radical (unpaired) electrons. The molecular formula is C15H14N4O. The number of nitrogens with two attached hydrogens (primary N) is 1. The van der Waals surface area contributed by atoms with Crippen molar-refractivity contribution in [3.63, 3.8) is 0 Å². The maximum Gasteiger partial charge on any atom is 0.160 e. The fourth-order valence-corrected chi connectivity index (χ4v) is 2.70. The lowest BCUT2D eigenvalue weighted by Crippen LogP contribution is -2.21. The molecule has 3 aromatic rings. The van der Waals surface area contributed by atoms with Crippen molar-refractivity contribution in [2.75, 3.05) is 12.3 Å². The van der Waals surface area contributed by atoms with Crippen molar-refractivity contribution in [2.45, 2.75) is 12.3 Å². The number of benzene rings is 1. The number of hydrogen-bond donors (Lipinski definition) is 1. The number of para-hydroxylation sites is 1. The quantitative estimate of drug-likeness (QED) is 0.732. The van der Waals surface area contributed by atoms with E-state index in [1.807, 2.05) is 40.9 Å². The largest absolute Gasteiger partial charge is 0.493 e. The molecule has 0 saturated carbocycles. The van der Waals surface area contributed by atoms with Gasteiger partial charge in [-0.3, -0.25) is 4.40 Å². The summed E-state index contributed by atoms with van der Waals surface area (Å²) in [7, 11) is 0. The monoisotopic (exact) mass is 266 g/mol. The molecule has 0 spiro atoms. The Morgan fingerprint density at radius 3 is 3.00 bits per heavy atom. The van der Waals surface area contributed by atoms with Gasteiger partial charge in [0, 0.05) is 11.9 Å². The highest BCUT2D eigenvalue weighted by atomic mass is 16.5. The minimum Gasteiger partial charge on any atom is -0.493 e. The third kappa shape index (κ3) is 1.71. The van der Waals surface area contributed by atoms with Crippen LogP contribution in [-0.4, -0.2) is 21.2 Å². The molecule has 1 aliphatic heterocycles. The Kier molecular flexibility index (Phi) is 2.39. The number of aromatic nitrogens is 3. The predicted molar refractivity (Wildman–Crippen MR) is 75.8 cm³/mol. The maximum absolute atomic E-state index is 5.85. The van der Waals surface area contributed by atoms with E-state index in [1.165, 1.54) is 5.56 Å². The molecule has 0 fully saturated rings. The minimum absolute atomic E-state index is 0.196. The first-order valence-electron chi connectivity index (χ1n) is 6.62. The SMILES string of the molecule is Nc1ccc2nnc(C3COc4ccccc4C3)n2c1. The first-order chi connectivity index (χ1) is 9.81. The van der Waals surface area contributed by atoms with Crippen LogP contribution in [0, 0.1) is 0 Å². The Labute approximate surface area is 116 Å². The van der Waals surface area contributed by atoms with Crippen molar-refractivity contribution in [1.29, 1.82) is 0 Å². The van der Waals surface area contributed by atoms with E-state index in [2.05, 4.69) is 16.3 Å². The molecule has 5 heteroatoms. The summed E-state index contributed by atoms with van der Waals surface area (Å²) in [5.41, 5.74) is 8.58. The van der Waals surface area contributed by atoms with Crippen LogP contribution in [0.3, 0.4) is 0 Å². The van der Waals surface area contributed by atoms with Gasteiger partial charge in [-0.15, -0.1) is 10.2 Å². The predicted octanol–water partition coefficient (Wildman–Crippen LogP) is 2.03. The molecule has 2 N–H and O–H groups in total. The van der Waals surface area contributed by atoms with E-state index in [4.69, 9.17) is 10.5 Å². The molecule has 3 heterocycles. The Morgan fingerprint density at radius 1 is 1.15 bits per heavy atom. The minimum atomic E-state index is 0.196. The summed E-state index contributed by atoms with van der Waals surface area (Å²) < 4.78 is 7.78. The summed E-state index contributed by atoms with van der Waals surface area (Å²) in [6.45, 7) is 0.618. The molecule has 1 aliphatic rings. The van der Waals surface area contributed by atoms with Gasteiger partial charge in [-0.25, -0.2) is 0 Å². The molecule has 5 nitrogen and oxygen atoms in total. The highest BCUT2D eigenvalue weighted by Gasteiger charge is 2.25. The van der Waals surface area contributed by atoms with Gasteiger partial charge in [0.1, 0.15) is 11.6 Å². The average molecular weight is 266 g/mol. The molecule has 100 valence electrons. The number of nitrogens with zero attached hydrogens (tertiary/aromatic N) is 3. The van der Waals surface area contributed by atoms with Gasteiger partial charge in [-0.1, -0.05) is 18.2 Å². The third-order valence-electron chi connectivity index (χ3n) is 3.70. The van der Waals surface area contributed by atoms with E-state index >= 15 is 0 Å². The second kappa shape index (κ2) is 4.23. The lowest BCUT2D eigenvalue weighted by molar-refractivity contribution is 0.257. The van der Waals surface area contributed by atoms with Crippen molar-refractivity contribution in [3.05, 3.63) is 54.0 Å². The first-order valence-corrected chi connectivity index (χ1v) is 6.62. The van der Waals surface area contributed by atoms with Crippen LogP contribution >= 0.6 is 0 Å². The number of pyridine rings is 1. The fraction of sp³-hybridized carbons (Fsp3) is 0.200. The van der Waals surface area contributed by atoms with Crippen molar-refractivity contribution < 1.29 is 4.74 Å². The summed E-state index contributed by atoms with van der Waals surface area (Å²) in [5, 5.41) is 8.50. The zero-order valence-electron chi connectivity index (χ0n) is 10.9. The number of rotatable bonds is 1. The van der Waals surface area contributed by atoms with E-state index in [0.29, 0.717) is 12.3 Å². The fourth-order valence-electron chi connectivity index (χ4n) is 2.70. The summed E-state index contributed by atoms with van der Waals surface area (Å²) in [4.78, 5) is 0. The molecule has 4 rings (SSSR count). The summed E-state index contributed by atoms with van der Waals surface area (Å²) in [6, 6.07) is 11.8. The van der Waals surface area contributed by atoms with E-state index < -0.39 is 0 Å². The summed E-state index contributed by atoms with van der Waals surface area (Å²) in [6.07, 6.45) is 2.77. The highest BCUT2D eigenvalue weighted by Crippen LogP contribution is 2.31. The highest BCUT2D eigenvalue weighted by molar-refractivity contribution is 5.47. The zero-order chi connectivity index (χ0) is 13.5. The second-order valence-corrected chi connectivity index (χ2v) is 5.07. The number of anilines is 1. The number of nitrogen functional groups attached to an aromatic ring is 1. The van der Waals surface area contributed by atoms with Gasteiger partial charge in [-0.2, -0.15) is 0 Å². The van der Waals surface area contributed by atoms with Crippen molar-refractivity contribution in [2.24, 2.45) is 0 Å². The molecule has 0 saturated heterocycles. The maximum atomic E-state index is 5.85. The van der Waals surface area contributed by atoms with Crippen LogP contribution in [0.25, 0.3) is 5.65 Å². The number of hydrogen-bond acceptors (Lipinski definition) is 4. The molecule has 1 unspecified atom stereocenters. The molecule has 0 aliphatic carbocycles. The molecule has 0 amide bonds. The molecule has 1 aromatic carbocycles. The zero-order valence-corrected chi connectivity index (χ0v) is 10.9. The van der Waals surface area contributed by atoms with Crippen LogP contribution in [0.15, 0.2) is 42.6 Å². The van der Waals surface area contributed by atoms with Crippen LogP contribution < -0.4 is 10.5 Å². The standard InChI is InChI=1S/C15H14N4O/c16-12-5-6-14-17-18-15(19(14)8-12)11-7-10-3-1-2-4-13(10)20-9-11/h1-6,8,11H,7,9,16H2. The van der Waals surface area contributed by atoms with Crippen LogP contribution in [0.4, 0.5) is 5.69 Å². The normalized spacial score (nSPS) is 17.7. The van der Waals surface area contributed by atoms with Crippen molar-refractivity contribution >= 4 is 11.3 Å². The molecule has 2 aromatic heterocycles. The smallest absolute Gasteiger partial charge is 0.160 e. The first kappa shape index (κ1) is 11.3. The van der Waals surface area contributed by atoms with Gasteiger partial charge < -0.3 is 10.5 Å². The van der Waals surface area contributed by atoms with E-state index in [1.54, 1.807) is 0 Å². The number of fused-ring (bicyclic) bond motifs is 2. The Hall–Kier alpha value is -2.56. The molecule has 0 bridgehead atoms. The van der Waals surface area contributed by atoms with Crippen LogP contribution in [0.1, 0.15) is 17.3 Å². The Morgan fingerprint density at radius 2 is 2.05 bits per heavy atom. The van der Waals surface area contributed by atoms with Gasteiger partial charge in [-0.05, 0) is 30.2 Å². The van der Waals surface area contributed by atoms with E-state index in [9.17, 15) is 0 Å². The molecule has 20 heavy (non-hydrogen) atoms. The molecule has 1 atom stereocenters. The van der Waals surface area contributed by atoms with Crippen LogP contribution in [-0.2, 0) is 6.42 Å². The Balaban J connectivity index is 1.76. The van der Waals surface area contributed by atoms with Gasteiger partial charge >= 0.3 is 0 Å². The van der Waals surface area contributed by atoms with Crippen molar-refractivity contribution in [3.8, 4) is 5.75 Å². The second-order valence-electron chi connectivity index (χ2n) is 5.07. The van der Waals surface area contributed by atoms with Gasteiger partial charge in [0.05, 0.1) is 12.5 Å². The third-order valence-corrected chi connectivity index (χ3v) is 3.70.